The summed E-state index contributed by atoms with van der Waals surface area (Å²) in [5.74, 6) is 0.0293. The maximum absolute atomic E-state index is 11.7. The first-order valence-corrected chi connectivity index (χ1v) is 10.1. The molecule has 1 unspecified atom stereocenters. The van der Waals surface area contributed by atoms with Crippen LogP contribution in [0, 0.1) is 6.92 Å². The number of hydrogen-bond acceptors (Lipinski definition) is 5. The van der Waals surface area contributed by atoms with Gasteiger partial charge < -0.3 is 14.4 Å². The fourth-order valence-corrected chi connectivity index (χ4v) is 4.63. The van der Waals surface area contributed by atoms with Gasteiger partial charge in [-0.1, -0.05) is 0 Å². The first-order chi connectivity index (χ1) is 12.0. The fraction of sp³-hybridized carbons (Fsp3) is 0.737. The van der Waals surface area contributed by atoms with Crippen LogP contribution in [-0.4, -0.2) is 67.8 Å². The van der Waals surface area contributed by atoms with E-state index in [-0.39, 0.29) is 24.2 Å². The van der Waals surface area contributed by atoms with E-state index in [0.717, 1.165) is 51.9 Å². The number of aryl methyl sites for hydroxylation is 1. The minimum Gasteiger partial charge on any atom is -0.375 e. The monoisotopic (exact) mass is 366 g/mol. The number of carbonyl (C=O) groups excluding carboxylic acids is 1. The van der Waals surface area contributed by atoms with Crippen molar-refractivity contribution in [1.82, 2.24) is 9.80 Å². The maximum atomic E-state index is 11.7. The van der Waals surface area contributed by atoms with Crippen molar-refractivity contribution >= 4 is 17.2 Å². The summed E-state index contributed by atoms with van der Waals surface area (Å²) in [4.78, 5) is 17.3. The zero-order valence-corrected chi connectivity index (χ0v) is 16.4. The lowest BCUT2D eigenvalue weighted by molar-refractivity contribution is -0.162. The molecule has 6 heteroatoms. The van der Waals surface area contributed by atoms with E-state index >= 15 is 0 Å². The highest BCUT2D eigenvalue weighted by molar-refractivity contribution is 7.10. The lowest BCUT2D eigenvalue weighted by Crippen LogP contribution is -2.50. The van der Waals surface area contributed by atoms with Crippen LogP contribution in [0.3, 0.4) is 0 Å². The molecule has 25 heavy (non-hydrogen) atoms. The minimum absolute atomic E-state index is 0.0293. The summed E-state index contributed by atoms with van der Waals surface area (Å²) < 4.78 is 12.1. The number of likely N-dealkylation sites (tertiary alicyclic amines) is 1. The molecule has 0 saturated carbocycles. The van der Waals surface area contributed by atoms with Gasteiger partial charge in [-0.05, 0) is 43.2 Å². The number of piperidine rings is 1. The van der Waals surface area contributed by atoms with Crippen LogP contribution in [0.25, 0.3) is 0 Å². The molecule has 0 bridgehead atoms. The SMILES string of the molecule is Cc1ccsc1CN1CCC2(CC1)CC(OCC(=O)N(C)C)CCO2. The molecule has 140 valence electrons. The van der Waals surface area contributed by atoms with Crippen molar-refractivity contribution in [2.45, 2.75) is 50.9 Å². The van der Waals surface area contributed by atoms with E-state index in [9.17, 15) is 4.79 Å². The number of likely N-dealkylation sites (N-methyl/N-ethyl adjacent to an activating group) is 1. The molecule has 5 nitrogen and oxygen atoms in total. The second-order valence-electron chi connectivity index (χ2n) is 7.55. The zero-order valence-electron chi connectivity index (χ0n) is 15.6. The van der Waals surface area contributed by atoms with Crippen LogP contribution in [-0.2, 0) is 20.8 Å². The van der Waals surface area contributed by atoms with E-state index in [4.69, 9.17) is 9.47 Å². The Morgan fingerprint density at radius 2 is 2.20 bits per heavy atom. The van der Waals surface area contributed by atoms with Crippen molar-refractivity contribution in [3.63, 3.8) is 0 Å². The number of rotatable bonds is 5. The van der Waals surface area contributed by atoms with E-state index in [2.05, 4.69) is 23.3 Å². The van der Waals surface area contributed by atoms with Gasteiger partial charge in [-0.25, -0.2) is 0 Å². The van der Waals surface area contributed by atoms with Crippen molar-refractivity contribution in [3.05, 3.63) is 21.9 Å². The number of carbonyl (C=O) groups is 1. The molecule has 2 aliphatic heterocycles. The predicted octanol–water partition coefficient (Wildman–Crippen LogP) is 2.67. The van der Waals surface area contributed by atoms with Gasteiger partial charge in [0.1, 0.15) is 6.61 Å². The van der Waals surface area contributed by atoms with Crippen molar-refractivity contribution in [2.75, 3.05) is 40.4 Å². The molecule has 3 heterocycles. The normalized spacial score (nSPS) is 23.7. The summed E-state index contributed by atoms with van der Waals surface area (Å²) in [7, 11) is 3.53. The average molecular weight is 367 g/mol. The van der Waals surface area contributed by atoms with E-state index in [1.54, 1.807) is 19.0 Å². The van der Waals surface area contributed by atoms with Crippen LogP contribution in [0.4, 0.5) is 0 Å². The molecule has 1 aromatic heterocycles. The summed E-state index contributed by atoms with van der Waals surface area (Å²) in [6, 6.07) is 2.20. The molecule has 2 fully saturated rings. The van der Waals surface area contributed by atoms with Gasteiger partial charge in [-0.3, -0.25) is 9.69 Å². The van der Waals surface area contributed by atoms with E-state index in [1.165, 1.54) is 10.4 Å². The quantitative estimate of drug-likeness (QED) is 0.803. The van der Waals surface area contributed by atoms with Crippen molar-refractivity contribution in [1.29, 1.82) is 0 Å². The number of ether oxygens (including phenoxy) is 2. The fourth-order valence-electron chi connectivity index (χ4n) is 3.68. The Morgan fingerprint density at radius 1 is 1.44 bits per heavy atom. The Hall–Kier alpha value is -0.950. The van der Waals surface area contributed by atoms with Gasteiger partial charge in [0.25, 0.3) is 0 Å². The van der Waals surface area contributed by atoms with Gasteiger partial charge in [-0.2, -0.15) is 0 Å². The summed E-state index contributed by atoms with van der Waals surface area (Å²) in [5.41, 5.74) is 1.35. The Balaban J connectivity index is 1.48. The molecule has 1 aromatic rings. The molecular formula is C19H30N2O3S. The molecule has 3 rings (SSSR count). The van der Waals surface area contributed by atoms with Crippen LogP contribution in [0.15, 0.2) is 11.4 Å². The standard InChI is InChI=1S/C19H30N2O3S/c1-15-5-11-25-17(15)13-21-8-6-19(7-9-21)12-16(4-10-24-19)23-14-18(22)20(2)3/h5,11,16H,4,6-10,12-14H2,1-3H3. The molecule has 0 radical (unpaired) electrons. The van der Waals surface area contributed by atoms with Crippen LogP contribution >= 0.6 is 11.3 Å². The second-order valence-corrected chi connectivity index (χ2v) is 8.55. The first kappa shape index (κ1) is 18.8. The van der Waals surface area contributed by atoms with Crippen LogP contribution < -0.4 is 0 Å². The smallest absolute Gasteiger partial charge is 0.248 e. The minimum atomic E-state index is -0.0505. The third-order valence-electron chi connectivity index (χ3n) is 5.49. The Morgan fingerprint density at radius 3 is 2.84 bits per heavy atom. The molecule has 1 spiro atoms. The van der Waals surface area contributed by atoms with Gasteiger partial charge in [0.15, 0.2) is 0 Å². The molecule has 0 aliphatic carbocycles. The first-order valence-electron chi connectivity index (χ1n) is 9.18. The van der Waals surface area contributed by atoms with Crippen LogP contribution in [0.2, 0.25) is 0 Å². The third-order valence-corrected chi connectivity index (χ3v) is 6.50. The van der Waals surface area contributed by atoms with Gasteiger partial charge in [0, 0.05) is 51.6 Å². The van der Waals surface area contributed by atoms with Crippen LogP contribution in [0.1, 0.15) is 36.1 Å². The number of hydrogen-bond donors (Lipinski definition) is 0. The van der Waals surface area contributed by atoms with Crippen molar-refractivity contribution in [3.8, 4) is 0 Å². The number of nitrogens with zero attached hydrogens (tertiary/aromatic N) is 2. The molecule has 1 amide bonds. The van der Waals surface area contributed by atoms with E-state index in [0.29, 0.717) is 0 Å². The molecule has 2 aliphatic rings. The highest BCUT2D eigenvalue weighted by atomic mass is 32.1. The largest absolute Gasteiger partial charge is 0.375 e. The van der Waals surface area contributed by atoms with Crippen molar-refractivity contribution < 1.29 is 14.3 Å². The second kappa shape index (κ2) is 8.16. The molecule has 1 atom stereocenters. The number of amides is 1. The lowest BCUT2D eigenvalue weighted by Gasteiger charge is -2.46. The average Bonchev–Trinajstić information content (AvgIpc) is 3.00. The summed E-state index contributed by atoms with van der Waals surface area (Å²) in [6.07, 6.45) is 4.06. The highest BCUT2D eigenvalue weighted by Gasteiger charge is 2.40. The molecule has 0 N–H and O–H groups in total. The van der Waals surface area contributed by atoms with Gasteiger partial charge in [0.2, 0.25) is 5.91 Å². The topological polar surface area (TPSA) is 42.0 Å². The molecule has 0 aromatic carbocycles. The Bertz CT molecular complexity index is 579. The molecule has 2 saturated heterocycles. The van der Waals surface area contributed by atoms with Crippen LogP contribution in [0.5, 0.6) is 0 Å². The Kier molecular flexibility index (Phi) is 6.15. The van der Waals surface area contributed by atoms with Crippen molar-refractivity contribution in [2.24, 2.45) is 0 Å². The highest BCUT2D eigenvalue weighted by Crippen LogP contribution is 2.36. The van der Waals surface area contributed by atoms with Gasteiger partial charge >= 0.3 is 0 Å². The third kappa shape index (κ3) is 4.82. The maximum Gasteiger partial charge on any atom is 0.248 e. The van der Waals surface area contributed by atoms with E-state index in [1.807, 2.05) is 11.3 Å². The summed E-state index contributed by atoms with van der Waals surface area (Å²) >= 11 is 1.85. The number of thiophene rings is 1. The lowest BCUT2D eigenvalue weighted by atomic mass is 9.83. The predicted molar refractivity (Wildman–Crippen MR) is 99.9 cm³/mol. The molecular weight excluding hydrogens is 336 g/mol. The van der Waals surface area contributed by atoms with Gasteiger partial charge in [-0.15, -0.1) is 11.3 Å². The van der Waals surface area contributed by atoms with E-state index < -0.39 is 0 Å². The Labute approximate surface area is 154 Å². The van der Waals surface area contributed by atoms with Gasteiger partial charge in [0.05, 0.1) is 11.7 Å². The zero-order chi connectivity index (χ0) is 17.9. The summed E-state index contributed by atoms with van der Waals surface area (Å²) in [6.45, 7) is 6.30. The summed E-state index contributed by atoms with van der Waals surface area (Å²) in [5, 5.41) is 2.18.